The van der Waals surface area contributed by atoms with Crippen molar-refractivity contribution >= 4 is 23.4 Å². The normalized spacial score (nSPS) is 14.2. The zero-order valence-corrected chi connectivity index (χ0v) is 16.7. The molecule has 1 aliphatic rings. The average molecular weight is 380 g/mol. The summed E-state index contributed by atoms with van der Waals surface area (Å²) in [6.07, 6.45) is 3.57. The summed E-state index contributed by atoms with van der Waals surface area (Å²) in [7, 11) is 0. The molecule has 0 fully saturated rings. The van der Waals surface area contributed by atoms with Gasteiger partial charge < -0.3 is 5.32 Å². The molecule has 0 atom stereocenters. The summed E-state index contributed by atoms with van der Waals surface area (Å²) in [5.74, 6) is -1.24. The Morgan fingerprint density at radius 2 is 1.43 bits per heavy atom. The fourth-order valence-corrected chi connectivity index (χ4v) is 3.70. The number of aromatic nitrogens is 2. The number of amides is 3. The van der Waals surface area contributed by atoms with E-state index in [4.69, 9.17) is 0 Å². The summed E-state index contributed by atoms with van der Waals surface area (Å²) in [5.41, 5.74) is 0.623. The topological polar surface area (TPSA) is 92.3 Å². The first-order valence-electron chi connectivity index (χ1n) is 9.11. The largest absolute Gasteiger partial charge is 0.347 e. The number of benzene rings is 1. The predicted molar refractivity (Wildman–Crippen MR) is 105 cm³/mol. The van der Waals surface area contributed by atoms with Gasteiger partial charge in [-0.3, -0.25) is 14.4 Å². The maximum Gasteiger partial charge on any atom is 0.286 e. The highest BCUT2D eigenvalue weighted by atomic mass is 16.2. The Morgan fingerprint density at radius 1 is 0.929 bits per heavy atom. The minimum Gasteiger partial charge on any atom is -0.347 e. The molecule has 2 aromatic rings. The number of hydrogen-bond donors (Lipinski definition) is 1. The van der Waals surface area contributed by atoms with Crippen molar-refractivity contribution in [2.45, 2.75) is 46.6 Å². The van der Waals surface area contributed by atoms with Gasteiger partial charge in [0.15, 0.2) is 11.4 Å². The molecule has 1 aromatic carbocycles. The maximum atomic E-state index is 12.6. The van der Waals surface area contributed by atoms with E-state index in [9.17, 15) is 14.4 Å². The highest BCUT2D eigenvalue weighted by Crippen LogP contribution is 2.28. The standard InChI is InChI=1S/C21H24N4O3/c1-20(2,3)12-21(4,5)24-17(26)13-6-8-14(9-7-13)25-18(27)15-16(19(25)28)23-11-10-22-15/h6-11H,12H2,1-5H3,(H,24,26). The predicted octanol–water partition coefficient (Wildman–Crippen LogP) is 3.22. The summed E-state index contributed by atoms with van der Waals surface area (Å²) < 4.78 is 0. The van der Waals surface area contributed by atoms with Gasteiger partial charge in [-0.1, -0.05) is 20.8 Å². The molecule has 146 valence electrons. The lowest BCUT2D eigenvalue weighted by molar-refractivity contribution is 0.0888. The number of nitrogens with one attached hydrogen (secondary N) is 1. The minimum atomic E-state index is -0.517. The third kappa shape index (κ3) is 3.93. The average Bonchev–Trinajstić information content (AvgIpc) is 2.84. The summed E-state index contributed by atoms with van der Waals surface area (Å²) in [5, 5.41) is 3.04. The van der Waals surface area contributed by atoms with Gasteiger partial charge in [-0.25, -0.2) is 14.9 Å². The van der Waals surface area contributed by atoms with Crippen LogP contribution in [-0.2, 0) is 0 Å². The summed E-state index contributed by atoms with van der Waals surface area (Å²) in [6.45, 7) is 10.4. The SMILES string of the molecule is CC(C)(C)CC(C)(C)NC(=O)c1ccc(N2C(=O)c3nccnc3C2=O)cc1. The highest BCUT2D eigenvalue weighted by Gasteiger charge is 2.39. The van der Waals surface area contributed by atoms with Gasteiger partial charge >= 0.3 is 0 Å². The molecule has 7 nitrogen and oxygen atoms in total. The second kappa shape index (κ2) is 6.82. The molecule has 2 heterocycles. The molecule has 7 heteroatoms. The van der Waals surface area contributed by atoms with Crippen LogP contribution in [0.15, 0.2) is 36.7 Å². The fourth-order valence-electron chi connectivity index (χ4n) is 3.70. The number of carbonyl (C=O) groups is 3. The van der Waals surface area contributed by atoms with E-state index in [1.165, 1.54) is 12.4 Å². The molecule has 0 saturated heterocycles. The first-order chi connectivity index (χ1) is 13.0. The van der Waals surface area contributed by atoms with Crippen LogP contribution >= 0.6 is 0 Å². The van der Waals surface area contributed by atoms with Crippen molar-refractivity contribution in [1.82, 2.24) is 15.3 Å². The van der Waals surface area contributed by atoms with Crippen LogP contribution in [0.1, 0.15) is 72.4 Å². The Hall–Kier alpha value is -3.09. The van der Waals surface area contributed by atoms with E-state index < -0.39 is 11.8 Å². The zero-order valence-electron chi connectivity index (χ0n) is 16.7. The number of hydrogen-bond acceptors (Lipinski definition) is 5. The molecule has 0 saturated carbocycles. The lowest BCUT2D eigenvalue weighted by Crippen LogP contribution is -2.45. The third-order valence-corrected chi connectivity index (χ3v) is 4.32. The van der Waals surface area contributed by atoms with E-state index in [0.29, 0.717) is 11.3 Å². The van der Waals surface area contributed by atoms with Gasteiger partial charge in [0.05, 0.1) is 5.69 Å². The number of anilines is 1. The molecule has 0 aliphatic carbocycles. The Kier molecular flexibility index (Phi) is 4.79. The number of carbonyl (C=O) groups excluding carboxylic acids is 3. The van der Waals surface area contributed by atoms with Crippen LogP contribution in [0.25, 0.3) is 0 Å². The van der Waals surface area contributed by atoms with Gasteiger partial charge in [0.2, 0.25) is 0 Å². The lowest BCUT2D eigenvalue weighted by Gasteiger charge is -2.33. The molecule has 3 rings (SSSR count). The molecule has 1 aromatic heterocycles. The van der Waals surface area contributed by atoms with Crippen LogP contribution in [0, 0.1) is 5.41 Å². The Morgan fingerprint density at radius 3 is 1.89 bits per heavy atom. The van der Waals surface area contributed by atoms with Crippen LogP contribution in [0.3, 0.4) is 0 Å². The smallest absolute Gasteiger partial charge is 0.286 e. The van der Waals surface area contributed by atoms with Gasteiger partial charge in [-0.2, -0.15) is 0 Å². The number of fused-ring (bicyclic) bond motifs is 1. The maximum absolute atomic E-state index is 12.6. The Bertz CT molecular complexity index is 908. The molecular weight excluding hydrogens is 356 g/mol. The van der Waals surface area contributed by atoms with Crippen LogP contribution in [0.5, 0.6) is 0 Å². The summed E-state index contributed by atoms with van der Waals surface area (Å²) >= 11 is 0. The number of rotatable bonds is 4. The fraction of sp³-hybridized carbons (Fsp3) is 0.381. The Balaban J connectivity index is 1.77. The molecule has 0 unspecified atom stereocenters. The third-order valence-electron chi connectivity index (χ3n) is 4.32. The molecular formula is C21H24N4O3. The van der Waals surface area contributed by atoms with E-state index in [0.717, 1.165) is 11.3 Å². The van der Waals surface area contributed by atoms with Gasteiger partial charge in [0.25, 0.3) is 17.7 Å². The van der Waals surface area contributed by atoms with Gasteiger partial charge in [0, 0.05) is 23.5 Å². The first-order valence-corrected chi connectivity index (χ1v) is 9.11. The quantitative estimate of drug-likeness (QED) is 0.822. The van der Waals surface area contributed by atoms with Crippen molar-refractivity contribution < 1.29 is 14.4 Å². The number of nitrogens with zero attached hydrogens (tertiary/aromatic N) is 3. The lowest BCUT2D eigenvalue weighted by atomic mass is 9.81. The van der Waals surface area contributed by atoms with Crippen LogP contribution < -0.4 is 10.2 Å². The monoisotopic (exact) mass is 380 g/mol. The van der Waals surface area contributed by atoms with Crippen molar-refractivity contribution in [1.29, 1.82) is 0 Å². The summed E-state index contributed by atoms with van der Waals surface area (Å²) in [6, 6.07) is 6.35. The highest BCUT2D eigenvalue weighted by molar-refractivity contribution is 6.33. The van der Waals surface area contributed by atoms with Crippen molar-refractivity contribution in [3.8, 4) is 0 Å². The van der Waals surface area contributed by atoms with Crippen LogP contribution in [-0.4, -0.2) is 33.2 Å². The second-order valence-electron chi connectivity index (χ2n) is 8.82. The first kappa shape index (κ1) is 19.7. The molecule has 3 amide bonds. The molecule has 0 bridgehead atoms. The van der Waals surface area contributed by atoms with E-state index in [-0.39, 0.29) is 28.2 Å². The van der Waals surface area contributed by atoms with Crippen molar-refractivity contribution in [3.05, 3.63) is 53.6 Å². The minimum absolute atomic E-state index is 0.0400. The van der Waals surface area contributed by atoms with Crippen molar-refractivity contribution in [2.24, 2.45) is 5.41 Å². The number of imide groups is 1. The molecule has 1 aliphatic heterocycles. The van der Waals surface area contributed by atoms with E-state index >= 15 is 0 Å². The second-order valence-corrected chi connectivity index (χ2v) is 8.82. The van der Waals surface area contributed by atoms with E-state index in [2.05, 4.69) is 36.1 Å². The van der Waals surface area contributed by atoms with Crippen molar-refractivity contribution in [3.63, 3.8) is 0 Å². The molecule has 28 heavy (non-hydrogen) atoms. The zero-order chi connectivity index (χ0) is 20.7. The van der Waals surface area contributed by atoms with E-state index in [1.54, 1.807) is 24.3 Å². The molecule has 1 N–H and O–H groups in total. The van der Waals surface area contributed by atoms with Crippen molar-refractivity contribution in [2.75, 3.05) is 4.90 Å². The van der Waals surface area contributed by atoms with Crippen LogP contribution in [0.4, 0.5) is 5.69 Å². The van der Waals surface area contributed by atoms with Gasteiger partial charge in [-0.05, 0) is 49.9 Å². The van der Waals surface area contributed by atoms with Gasteiger partial charge in [-0.15, -0.1) is 0 Å². The summed E-state index contributed by atoms with van der Waals surface area (Å²) in [4.78, 5) is 46.5. The van der Waals surface area contributed by atoms with Crippen LogP contribution in [0.2, 0.25) is 0 Å². The molecule has 0 spiro atoms. The van der Waals surface area contributed by atoms with Gasteiger partial charge in [0.1, 0.15) is 0 Å². The Labute approximate surface area is 164 Å². The molecule has 0 radical (unpaired) electrons. The van der Waals surface area contributed by atoms with E-state index in [1.807, 2.05) is 13.8 Å².